The van der Waals surface area contributed by atoms with Crippen molar-refractivity contribution in [3.05, 3.63) is 35.0 Å². The number of aryl methyl sites for hydroxylation is 1. The number of ether oxygens (including phenoxy) is 1. The number of aromatic amines is 1. The monoisotopic (exact) mass is 332 g/mol. The lowest BCUT2D eigenvalue weighted by Gasteiger charge is -2.13. The van der Waals surface area contributed by atoms with Gasteiger partial charge in [-0.3, -0.25) is 14.7 Å². The van der Waals surface area contributed by atoms with E-state index in [4.69, 9.17) is 10.5 Å². The molecule has 1 aromatic heterocycles. The third-order valence-corrected chi connectivity index (χ3v) is 3.69. The maximum Gasteiger partial charge on any atom is 0.253 e. The molecule has 4 N–H and O–H groups in total. The van der Waals surface area contributed by atoms with Crippen molar-refractivity contribution in [3.8, 4) is 0 Å². The Kier molecular flexibility index (Phi) is 4.93. The number of aromatic nitrogens is 2. The molecule has 0 fully saturated rings. The van der Waals surface area contributed by atoms with Crippen LogP contribution in [-0.4, -0.2) is 34.6 Å². The summed E-state index contributed by atoms with van der Waals surface area (Å²) in [4.78, 5) is 24.2. The van der Waals surface area contributed by atoms with Crippen LogP contribution in [0.1, 0.15) is 22.8 Å². The van der Waals surface area contributed by atoms with E-state index >= 15 is 0 Å². The third kappa shape index (κ3) is 3.47. The second-order valence-corrected chi connectivity index (χ2v) is 5.48. The fourth-order valence-electron chi connectivity index (χ4n) is 2.17. The van der Waals surface area contributed by atoms with Crippen molar-refractivity contribution in [3.63, 3.8) is 0 Å². The Morgan fingerprint density at radius 2 is 2.17 bits per heavy atom. The van der Waals surface area contributed by atoms with E-state index in [1.54, 1.807) is 20.0 Å². The third-order valence-electron chi connectivity index (χ3n) is 3.35. The predicted octanol–water partition coefficient (Wildman–Crippen LogP) is 1.77. The number of benzene rings is 1. The molecular formula is C15H17N4O3P. The highest BCUT2D eigenvalue weighted by molar-refractivity contribution is 7.21. The summed E-state index contributed by atoms with van der Waals surface area (Å²) in [5.41, 5.74) is 8.05. The molecule has 0 saturated heterocycles. The van der Waals surface area contributed by atoms with Gasteiger partial charge in [-0.15, -0.1) is 0 Å². The SMILES string of the molecule is COC(=P)/C=C(\C)C(=O)Nc1c(C)cc2cn[nH]c2c1C(N)=O. The topological polar surface area (TPSA) is 110 Å². The van der Waals surface area contributed by atoms with Crippen LogP contribution in [0.4, 0.5) is 5.69 Å². The van der Waals surface area contributed by atoms with Crippen LogP contribution in [0.2, 0.25) is 0 Å². The van der Waals surface area contributed by atoms with Gasteiger partial charge in [0.05, 0.1) is 28.4 Å². The molecule has 120 valence electrons. The summed E-state index contributed by atoms with van der Waals surface area (Å²) < 4.78 is 4.94. The summed E-state index contributed by atoms with van der Waals surface area (Å²) in [5, 5.41) is 10.1. The second-order valence-electron chi connectivity index (χ2n) is 4.99. The van der Waals surface area contributed by atoms with Crippen molar-refractivity contribution in [2.24, 2.45) is 5.73 Å². The highest BCUT2D eigenvalue weighted by Gasteiger charge is 2.19. The van der Waals surface area contributed by atoms with Gasteiger partial charge >= 0.3 is 0 Å². The van der Waals surface area contributed by atoms with Crippen LogP contribution in [0.3, 0.4) is 0 Å². The van der Waals surface area contributed by atoms with Crippen molar-refractivity contribution in [1.82, 2.24) is 10.2 Å². The maximum atomic E-state index is 12.3. The normalized spacial score (nSPS) is 11.5. The second kappa shape index (κ2) is 6.73. The fraction of sp³-hybridized carbons (Fsp3) is 0.200. The van der Waals surface area contributed by atoms with E-state index in [1.807, 2.05) is 6.07 Å². The summed E-state index contributed by atoms with van der Waals surface area (Å²) in [6.07, 6.45) is 3.12. The Hall–Kier alpha value is -2.50. The Morgan fingerprint density at radius 3 is 2.78 bits per heavy atom. The van der Waals surface area contributed by atoms with E-state index in [0.29, 0.717) is 27.8 Å². The molecule has 0 atom stereocenters. The molecule has 0 radical (unpaired) electrons. The number of hydrogen-bond donors (Lipinski definition) is 3. The summed E-state index contributed by atoms with van der Waals surface area (Å²) in [7, 11) is 4.69. The van der Waals surface area contributed by atoms with Crippen LogP contribution in [0.25, 0.3) is 10.9 Å². The zero-order valence-electron chi connectivity index (χ0n) is 13.0. The first-order chi connectivity index (χ1) is 10.8. The summed E-state index contributed by atoms with van der Waals surface area (Å²) in [6.45, 7) is 3.41. The molecule has 0 bridgehead atoms. The Morgan fingerprint density at radius 1 is 1.48 bits per heavy atom. The molecule has 7 nitrogen and oxygen atoms in total. The molecule has 8 heteroatoms. The number of anilines is 1. The van der Waals surface area contributed by atoms with Gasteiger partial charge in [0, 0.05) is 18.1 Å². The van der Waals surface area contributed by atoms with Crippen LogP contribution in [0, 0.1) is 6.92 Å². The van der Waals surface area contributed by atoms with E-state index in [1.165, 1.54) is 13.2 Å². The Labute approximate surface area is 135 Å². The molecule has 2 aromatic rings. The van der Waals surface area contributed by atoms with Gasteiger partial charge in [0.1, 0.15) is 0 Å². The zero-order chi connectivity index (χ0) is 17.1. The zero-order valence-corrected chi connectivity index (χ0v) is 14.0. The number of carbonyl (C=O) groups is 2. The Bertz CT molecular complexity index is 839. The van der Waals surface area contributed by atoms with Gasteiger partial charge in [-0.2, -0.15) is 5.10 Å². The molecule has 0 aliphatic carbocycles. The molecule has 0 spiro atoms. The van der Waals surface area contributed by atoms with E-state index in [9.17, 15) is 9.59 Å². The summed E-state index contributed by atoms with van der Waals surface area (Å²) in [5.74, 6) is -1.02. The number of nitrogens with two attached hydrogens (primary N) is 1. The first-order valence-electron chi connectivity index (χ1n) is 6.73. The van der Waals surface area contributed by atoms with E-state index in [-0.39, 0.29) is 11.5 Å². The molecule has 0 aliphatic rings. The molecule has 0 unspecified atom stereocenters. The first kappa shape index (κ1) is 16.9. The first-order valence-corrected chi connectivity index (χ1v) is 7.23. The van der Waals surface area contributed by atoms with Crippen molar-refractivity contribution >= 4 is 42.7 Å². The number of nitrogens with one attached hydrogen (secondary N) is 2. The average Bonchev–Trinajstić information content (AvgIpc) is 2.94. The lowest BCUT2D eigenvalue weighted by Crippen LogP contribution is -2.20. The quantitative estimate of drug-likeness (QED) is 0.572. The number of amides is 2. The number of primary amides is 1. The molecule has 0 aliphatic heterocycles. The van der Waals surface area contributed by atoms with Gasteiger partial charge in [-0.1, -0.05) is 8.86 Å². The van der Waals surface area contributed by atoms with Crippen LogP contribution in [-0.2, 0) is 9.53 Å². The molecule has 0 saturated carbocycles. The lowest BCUT2D eigenvalue weighted by molar-refractivity contribution is -0.112. The smallest absolute Gasteiger partial charge is 0.253 e. The van der Waals surface area contributed by atoms with Gasteiger partial charge in [0.2, 0.25) is 0 Å². The minimum Gasteiger partial charge on any atom is -0.365 e. The number of methoxy groups -OCH3 is 1. The lowest BCUT2D eigenvalue weighted by atomic mass is 10.0. The van der Waals surface area contributed by atoms with Crippen LogP contribution >= 0.6 is 8.86 Å². The number of carbonyl (C=O) groups excluding carboxylic acids is 2. The van der Waals surface area contributed by atoms with Gasteiger partial charge in [-0.05, 0) is 31.6 Å². The number of hydrogen-bond acceptors (Lipinski definition) is 4. The fourth-order valence-corrected chi connectivity index (χ4v) is 2.39. The largest absolute Gasteiger partial charge is 0.365 e. The minimum absolute atomic E-state index is 0.202. The number of H-pyrrole nitrogens is 1. The van der Waals surface area contributed by atoms with Gasteiger partial charge in [0.25, 0.3) is 11.8 Å². The number of nitrogens with zero attached hydrogens (tertiary/aromatic N) is 1. The highest BCUT2D eigenvalue weighted by Crippen LogP contribution is 2.28. The summed E-state index contributed by atoms with van der Waals surface area (Å²) in [6, 6.07) is 1.82. The van der Waals surface area contributed by atoms with Crippen molar-refractivity contribution in [2.75, 3.05) is 12.4 Å². The van der Waals surface area contributed by atoms with Crippen molar-refractivity contribution in [1.29, 1.82) is 0 Å². The van der Waals surface area contributed by atoms with Crippen molar-refractivity contribution < 1.29 is 14.3 Å². The van der Waals surface area contributed by atoms with E-state index in [2.05, 4.69) is 24.4 Å². The highest BCUT2D eigenvalue weighted by atomic mass is 31.0. The molecule has 2 amide bonds. The number of rotatable bonds is 5. The van der Waals surface area contributed by atoms with Crippen molar-refractivity contribution in [2.45, 2.75) is 13.8 Å². The standard InChI is InChI=1S/C15H17N4O3P/c1-7-4-9-6-17-19-13(9)11(14(16)20)12(7)18-15(21)8(2)5-10(23)22-3/h4-6,23H,1-3H3,(H2,16,20)(H,17,19)(H,18,21)/b8-5+. The average molecular weight is 332 g/mol. The van der Waals surface area contributed by atoms with Crippen LogP contribution in [0.15, 0.2) is 23.9 Å². The van der Waals surface area contributed by atoms with Crippen LogP contribution < -0.4 is 11.1 Å². The molecule has 2 rings (SSSR count). The molecule has 23 heavy (non-hydrogen) atoms. The van der Waals surface area contributed by atoms with Gasteiger partial charge in [0.15, 0.2) is 0 Å². The van der Waals surface area contributed by atoms with E-state index in [0.717, 1.165) is 5.39 Å². The Balaban J connectivity index is 2.47. The van der Waals surface area contributed by atoms with E-state index < -0.39 is 5.91 Å². The number of fused-ring (bicyclic) bond motifs is 1. The summed E-state index contributed by atoms with van der Waals surface area (Å²) >= 11 is 0. The van der Waals surface area contributed by atoms with Crippen LogP contribution in [0.5, 0.6) is 0 Å². The molecule has 1 aromatic carbocycles. The molecule has 1 heterocycles. The molecular weight excluding hydrogens is 315 g/mol. The van der Waals surface area contributed by atoms with Gasteiger partial charge in [-0.25, -0.2) is 0 Å². The maximum absolute atomic E-state index is 12.3. The predicted molar refractivity (Wildman–Crippen MR) is 92.1 cm³/mol. The van der Waals surface area contributed by atoms with Gasteiger partial charge < -0.3 is 15.8 Å². The minimum atomic E-state index is -0.649.